The maximum atomic E-state index is 11.9. The van der Waals surface area contributed by atoms with Crippen molar-refractivity contribution in [3.63, 3.8) is 0 Å². The lowest BCUT2D eigenvalue weighted by molar-refractivity contribution is -0.121. The summed E-state index contributed by atoms with van der Waals surface area (Å²) in [6.45, 7) is 0.870. The van der Waals surface area contributed by atoms with Crippen molar-refractivity contribution in [2.24, 2.45) is 11.7 Å². The zero-order chi connectivity index (χ0) is 11.7. The van der Waals surface area contributed by atoms with Gasteiger partial charge in [-0.3, -0.25) is 9.59 Å². The molecule has 1 aliphatic heterocycles. The number of likely N-dealkylation sites (tertiary alicyclic amines) is 1. The predicted octanol–water partition coefficient (Wildman–Crippen LogP) is 0.139. The molecule has 6 nitrogen and oxygen atoms in total. The van der Waals surface area contributed by atoms with Crippen LogP contribution in [0, 0.1) is 5.92 Å². The van der Waals surface area contributed by atoms with Crippen LogP contribution in [-0.2, 0) is 4.79 Å². The maximum Gasteiger partial charge on any atom is 0.284 e. The van der Waals surface area contributed by atoms with Gasteiger partial charge in [0.05, 0.1) is 5.92 Å². The Morgan fingerprint density at radius 1 is 1.50 bits per heavy atom. The zero-order valence-electron chi connectivity index (χ0n) is 8.22. The van der Waals surface area contributed by atoms with Gasteiger partial charge >= 0.3 is 0 Å². The molecular weight excluding hydrogens is 252 g/mol. The molecule has 1 fully saturated rings. The highest BCUT2D eigenvalue weighted by molar-refractivity contribution is 7.17. The molecule has 2 heterocycles. The summed E-state index contributed by atoms with van der Waals surface area (Å²) in [6, 6.07) is 0. The molecule has 1 atom stereocenters. The highest BCUT2D eigenvalue weighted by Crippen LogP contribution is 2.21. The maximum absolute atomic E-state index is 11.9. The van der Waals surface area contributed by atoms with Gasteiger partial charge in [-0.2, -0.15) is 0 Å². The molecule has 1 saturated heterocycles. The number of hydrogen-bond acceptors (Lipinski definition) is 5. The van der Waals surface area contributed by atoms with Crippen LogP contribution in [0.3, 0.4) is 0 Å². The molecule has 8 heteroatoms. The van der Waals surface area contributed by atoms with Crippen LogP contribution in [0.5, 0.6) is 0 Å². The molecule has 0 saturated carbocycles. The average Bonchev–Trinajstić information content (AvgIpc) is 2.84. The van der Waals surface area contributed by atoms with E-state index in [9.17, 15) is 9.59 Å². The fraction of sp³-hybridized carbons (Fsp3) is 0.500. The van der Waals surface area contributed by atoms with Gasteiger partial charge in [0, 0.05) is 13.1 Å². The van der Waals surface area contributed by atoms with E-state index in [-0.39, 0.29) is 27.2 Å². The van der Waals surface area contributed by atoms with Crippen molar-refractivity contribution in [1.29, 1.82) is 0 Å². The quantitative estimate of drug-likeness (QED) is 0.819. The first kappa shape index (κ1) is 11.3. The Morgan fingerprint density at radius 2 is 2.25 bits per heavy atom. The lowest BCUT2D eigenvalue weighted by Gasteiger charge is -2.13. The Labute approximate surface area is 100 Å². The van der Waals surface area contributed by atoms with Gasteiger partial charge in [0.1, 0.15) is 0 Å². The molecule has 0 aromatic carbocycles. The second-order valence-corrected chi connectivity index (χ2v) is 5.06. The highest BCUT2D eigenvalue weighted by Gasteiger charge is 2.31. The van der Waals surface area contributed by atoms with Crippen LogP contribution in [0.1, 0.15) is 16.2 Å². The van der Waals surface area contributed by atoms with Crippen LogP contribution < -0.4 is 5.73 Å². The number of carbonyl (C=O) groups excluding carboxylic acids is 2. The zero-order valence-corrected chi connectivity index (χ0v) is 9.79. The largest absolute Gasteiger partial charge is 0.369 e. The van der Waals surface area contributed by atoms with Gasteiger partial charge in [0.15, 0.2) is 0 Å². The molecule has 0 spiro atoms. The number of rotatable bonds is 2. The van der Waals surface area contributed by atoms with E-state index < -0.39 is 0 Å². The van der Waals surface area contributed by atoms with E-state index in [4.69, 9.17) is 17.3 Å². The lowest BCUT2D eigenvalue weighted by Crippen LogP contribution is -2.31. The third kappa shape index (κ3) is 2.14. The second-order valence-electron chi connectivity index (χ2n) is 3.50. The molecule has 1 aromatic rings. The third-order valence-corrected chi connectivity index (χ3v) is 3.47. The van der Waals surface area contributed by atoms with E-state index in [1.807, 2.05) is 0 Å². The Morgan fingerprint density at radius 3 is 2.75 bits per heavy atom. The monoisotopic (exact) mass is 260 g/mol. The number of primary amides is 1. The first-order valence-electron chi connectivity index (χ1n) is 4.65. The van der Waals surface area contributed by atoms with Gasteiger partial charge in [0.25, 0.3) is 5.91 Å². The molecule has 2 rings (SSSR count). The van der Waals surface area contributed by atoms with Gasteiger partial charge < -0.3 is 10.6 Å². The van der Waals surface area contributed by atoms with Gasteiger partial charge in [-0.15, -0.1) is 10.2 Å². The third-order valence-electron chi connectivity index (χ3n) is 2.46. The van der Waals surface area contributed by atoms with Crippen LogP contribution >= 0.6 is 22.9 Å². The minimum atomic E-state index is -0.370. The van der Waals surface area contributed by atoms with Crippen molar-refractivity contribution in [2.75, 3.05) is 13.1 Å². The summed E-state index contributed by atoms with van der Waals surface area (Å²) < 4.78 is 0.231. The molecule has 2 N–H and O–H groups in total. The number of hydrogen-bond donors (Lipinski definition) is 1. The smallest absolute Gasteiger partial charge is 0.284 e. The lowest BCUT2D eigenvalue weighted by atomic mass is 10.1. The van der Waals surface area contributed by atoms with Gasteiger partial charge in [-0.1, -0.05) is 11.3 Å². The minimum Gasteiger partial charge on any atom is -0.369 e. The van der Waals surface area contributed by atoms with Crippen LogP contribution in [0.15, 0.2) is 0 Å². The summed E-state index contributed by atoms with van der Waals surface area (Å²) >= 11 is 6.62. The Kier molecular flexibility index (Phi) is 3.06. The first-order valence-corrected chi connectivity index (χ1v) is 5.85. The number of nitrogens with zero attached hydrogens (tertiary/aromatic N) is 3. The summed E-state index contributed by atoms with van der Waals surface area (Å²) in [4.78, 5) is 24.3. The SMILES string of the molecule is NC(=O)C1CCN(C(=O)c2nnc(Cl)s2)C1. The van der Waals surface area contributed by atoms with Crippen LogP contribution in [0.2, 0.25) is 4.47 Å². The Hall–Kier alpha value is -1.21. The van der Waals surface area contributed by atoms with E-state index in [0.29, 0.717) is 19.5 Å². The number of carbonyl (C=O) groups is 2. The molecule has 1 unspecified atom stereocenters. The number of amides is 2. The molecule has 86 valence electrons. The summed E-state index contributed by atoms with van der Waals surface area (Å²) in [6.07, 6.45) is 0.605. The molecule has 2 amide bonds. The normalized spacial score (nSPS) is 20.1. The number of halogens is 1. The highest BCUT2D eigenvalue weighted by atomic mass is 35.5. The number of aromatic nitrogens is 2. The molecular formula is C8H9ClN4O2S. The van der Waals surface area contributed by atoms with E-state index in [1.165, 1.54) is 0 Å². The molecule has 0 bridgehead atoms. The van der Waals surface area contributed by atoms with Crippen molar-refractivity contribution in [1.82, 2.24) is 15.1 Å². The van der Waals surface area contributed by atoms with Crippen molar-refractivity contribution in [3.8, 4) is 0 Å². The topological polar surface area (TPSA) is 89.2 Å². The summed E-state index contributed by atoms with van der Waals surface area (Å²) in [7, 11) is 0. The summed E-state index contributed by atoms with van der Waals surface area (Å²) in [5.74, 6) is -0.869. The minimum absolute atomic E-state index is 0.231. The van der Waals surface area contributed by atoms with Crippen LogP contribution in [-0.4, -0.2) is 40.0 Å². The van der Waals surface area contributed by atoms with Crippen molar-refractivity contribution >= 4 is 34.8 Å². The predicted molar refractivity (Wildman–Crippen MR) is 58.1 cm³/mol. The molecule has 16 heavy (non-hydrogen) atoms. The van der Waals surface area contributed by atoms with Crippen LogP contribution in [0.4, 0.5) is 0 Å². The van der Waals surface area contributed by atoms with E-state index in [2.05, 4.69) is 10.2 Å². The van der Waals surface area contributed by atoms with Gasteiger partial charge in [0.2, 0.25) is 15.4 Å². The fourth-order valence-electron chi connectivity index (χ4n) is 1.60. The van der Waals surface area contributed by atoms with Crippen molar-refractivity contribution in [3.05, 3.63) is 9.47 Å². The Bertz CT molecular complexity index is 435. The van der Waals surface area contributed by atoms with Gasteiger partial charge in [-0.25, -0.2) is 0 Å². The number of nitrogens with two attached hydrogens (primary N) is 1. The van der Waals surface area contributed by atoms with Crippen molar-refractivity contribution in [2.45, 2.75) is 6.42 Å². The standard InChI is InChI=1S/C8H9ClN4O2S/c9-8-12-11-6(16-8)7(15)13-2-1-4(3-13)5(10)14/h4H,1-3H2,(H2,10,14). The van der Waals surface area contributed by atoms with Gasteiger partial charge in [-0.05, 0) is 18.0 Å². The molecule has 0 radical (unpaired) electrons. The average molecular weight is 261 g/mol. The summed E-state index contributed by atoms with van der Waals surface area (Å²) in [5.41, 5.74) is 5.18. The molecule has 0 aliphatic carbocycles. The fourth-order valence-corrected chi connectivity index (χ4v) is 2.40. The van der Waals surface area contributed by atoms with Crippen LogP contribution in [0.25, 0.3) is 0 Å². The summed E-state index contributed by atoms with van der Waals surface area (Å²) in [5, 5.41) is 7.46. The van der Waals surface area contributed by atoms with Crippen molar-refractivity contribution < 1.29 is 9.59 Å². The van der Waals surface area contributed by atoms with E-state index >= 15 is 0 Å². The second kappa shape index (κ2) is 4.34. The Balaban J connectivity index is 2.05. The van der Waals surface area contributed by atoms with E-state index in [1.54, 1.807) is 4.90 Å². The molecule has 1 aromatic heterocycles. The first-order chi connectivity index (χ1) is 7.58. The van der Waals surface area contributed by atoms with E-state index in [0.717, 1.165) is 11.3 Å². The molecule has 1 aliphatic rings.